The van der Waals surface area contributed by atoms with Gasteiger partial charge in [0.15, 0.2) is 6.61 Å². The Labute approximate surface area is 151 Å². The molecule has 0 aliphatic rings. The molecule has 0 saturated carbocycles. The van der Waals surface area contributed by atoms with Gasteiger partial charge < -0.3 is 20.5 Å². The molecule has 0 bridgehead atoms. The summed E-state index contributed by atoms with van der Waals surface area (Å²) in [5, 5.41) is 10.1. The fourth-order valence-electron chi connectivity index (χ4n) is 2.17. The number of ether oxygens (including phenoxy) is 2. The summed E-state index contributed by atoms with van der Waals surface area (Å²) in [5.74, 6) is 0.00438. The number of nitrogens with two attached hydrogens (primary N) is 1. The number of nitrogens with one attached hydrogen (secondary N) is 2. The monoisotopic (exact) mass is 355 g/mol. The summed E-state index contributed by atoms with van der Waals surface area (Å²) in [6.07, 6.45) is 0.908. The van der Waals surface area contributed by atoms with Gasteiger partial charge in [0, 0.05) is 17.7 Å². The SMILES string of the molecule is COC(=O)COc1ccc(CCC(=O)Nc2ccc(C(=N)N)cc2)cc1. The highest BCUT2D eigenvalue weighted by molar-refractivity contribution is 5.96. The highest BCUT2D eigenvalue weighted by Crippen LogP contribution is 2.14. The van der Waals surface area contributed by atoms with E-state index in [1.165, 1.54) is 7.11 Å². The number of benzene rings is 2. The van der Waals surface area contributed by atoms with Crippen LogP contribution in [0.1, 0.15) is 17.5 Å². The van der Waals surface area contributed by atoms with Gasteiger partial charge in [-0.1, -0.05) is 12.1 Å². The number of carbonyl (C=O) groups excluding carboxylic acids is 2. The molecule has 2 aromatic carbocycles. The van der Waals surface area contributed by atoms with Gasteiger partial charge in [0.1, 0.15) is 11.6 Å². The fraction of sp³-hybridized carbons (Fsp3) is 0.211. The molecule has 4 N–H and O–H groups in total. The van der Waals surface area contributed by atoms with Crippen LogP contribution in [0.4, 0.5) is 5.69 Å². The molecule has 0 aliphatic heterocycles. The first-order valence-corrected chi connectivity index (χ1v) is 8.01. The molecule has 7 nitrogen and oxygen atoms in total. The van der Waals surface area contributed by atoms with Crippen LogP contribution in [-0.4, -0.2) is 31.4 Å². The van der Waals surface area contributed by atoms with Gasteiger partial charge in [-0.3, -0.25) is 10.2 Å². The van der Waals surface area contributed by atoms with Crippen molar-refractivity contribution in [1.82, 2.24) is 0 Å². The van der Waals surface area contributed by atoms with Crippen LogP contribution in [0, 0.1) is 5.41 Å². The molecule has 0 spiro atoms. The Hall–Kier alpha value is -3.35. The number of hydrogen-bond donors (Lipinski definition) is 3. The van der Waals surface area contributed by atoms with Crippen molar-refractivity contribution in [2.75, 3.05) is 19.0 Å². The van der Waals surface area contributed by atoms with Crippen LogP contribution < -0.4 is 15.8 Å². The van der Waals surface area contributed by atoms with E-state index in [0.717, 1.165) is 5.56 Å². The zero-order valence-electron chi connectivity index (χ0n) is 14.5. The molecule has 7 heteroatoms. The van der Waals surface area contributed by atoms with E-state index < -0.39 is 5.97 Å². The Kier molecular flexibility index (Phi) is 6.73. The molecular weight excluding hydrogens is 334 g/mol. The second-order valence-electron chi connectivity index (χ2n) is 5.55. The van der Waals surface area contributed by atoms with E-state index in [1.54, 1.807) is 36.4 Å². The Morgan fingerprint density at radius 3 is 2.31 bits per heavy atom. The Bertz CT molecular complexity index is 770. The first-order valence-electron chi connectivity index (χ1n) is 8.01. The number of amidine groups is 1. The fourth-order valence-corrected chi connectivity index (χ4v) is 2.17. The summed E-state index contributed by atoms with van der Waals surface area (Å²) in [4.78, 5) is 23.1. The van der Waals surface area contributed by atoms with E-state index in [9.17, 15) is 9.59 Å². The lowest BCUT2D eigenvalue weighted by Crippen LogP contribution is -2.14. The molecule has 0 atom stereocenters. The van der Waals surface area contributed by atoms with Gasteiger partial charge in [0.2, 0.25) is 5.91 Å². The molecule has 2 rings (SSSR count). The summed E-state index contributed by atoms with van der Waals surface area (Å²) in [7, 11) is 1.30. The second-order valence-corrected chi connectivity index (χ2v) is 5.55. The molecule has 0 radical (unpaired) electrons. The van der Waals surface area contributed by atoms with E-state index in [4.69, 9.17) is 15.9 Å². The number of nitrogen functional groups attached to an aromatic ring is 1. The van der Waals surface area contributed by atoms with Gasteiger partial charge in [-0.25, -0.2) is 4.79 Å². The van der Waals surface area contributed by atoms with Crippen LogP contribution in [0.3, 0.4) is 0 Å². The summed E-state index contributed by atoms with van der Waals surface area (Å²) in [6, 6.07) is 14.0. The van der Waals surface area contributed by atoms with Gasteiger partial charge in [0.25, 0.3) is 0 Å². The van der Waals surface area contributed by atoms with Crippen LogP contribution in [0.25, 0.3) is 0 Å². The maximum absolute atomic E-state index is 12.0. The van der Waals surface area contributed by atoms with E-state index in [-0.39, 0.29) is 18.3 Å². The lowest BCUT2D eigenvalue weighted by atomic mass is 10.1. The van der Waals surface area contributed by atoms with E-state index in [0.29, 0.717) is 29.8 Å². The van der Waals surface area contributed by atoms with E-state index >= 15 is 0 Å². The van der Waals surface area contributed by atoms with Crippen LogP contribution in [0.5, 0.6) is 5.75 Å². The van der Waals surface area contributed by atoms with Gasteiger partial charge in [-0.15, -0.1) is 0 Å². The predicted molar refractivity (Wildman–Crippen MR) is 98.4 cm³/mol. The number of anilines is 1. The van der Waals surface area contributed by atoms with Crippen molar-refractivity contribution >= 4 is 23.4 Å². The standard InChI is InChI=1S/C19H21N3O4/c1-25-18(24)12-26-16-9-2-13(3-10-16)4-11-17(23)22-15-7-5-14(6-8-15)19(20)21/h2-3,5-10H,4,11-12H2,1H3,(H3,20,21)(H,22,23). The lowest BCUT2D eigenvalue weighted by Gasteiger charge is -2.08. The van der Waals surface area contributed by atoms with Gasteiger partial charge in [-0.05, 0) is 48.4 Å². The highest BCUT2D eigenvalue weighted by Gasteiger charge is 2.05. The summed E-state index contributed by atoms with van der Waals surface area (Å²) in [6.45, 7) is -0.138. The second kappa shape index (κ2) is 9.22. The third kappa shape index (κ3) is 5.94. The number of methoxy groups -OCH3 is 1. The number of amides is 1. The molecule has 0 heterocycles. The Morgan fingerprint density at radius 2 is 1.73 bits per heavy atom. The molecule has 0 aromatic heterocycles. The number of rotatable bonds is 8. The number of aryl methyl sites for hydroxylation is 1. The molecule has 0 unspecified atom stereocenters. The van der Waals surface area contributed by atoms with Crippen LogP contribution in [-0.2, 0) is 20.7 Å². The van der Waals surface area contributed by atoms with E-state index in [1.807, 2.05) is 12.1 Å². The van der Waals surface area contributed by atoms with Crippen molar-refractivity contribution < 1.29 is 19.1 Å². The minimum absolute atomic E-state index is 0.0121. The molecule has 0 aliphatic carbocycles. The minimum Gasteiger partial charge on any atom is -0.482 e. The highest BCUT2D eigenvalue weighted by atomic mass is 16.6. The van der Waals surface area contributed by atoms with Crippen molar-refractivity contribution in [3.05, 3.63) is 59.7 Å². The lowest BCUT2D eigenvalue weighted by molar-refractivity contribution is -0.142. The van der Waals surface area contributed by atoms with Crippen molar-refractivity contribution in [1.29, 1.82) is 5.41 Å². The first kappa shape index (κ1) is 19.0. The number of hydrogen-bond acceptors (Lipinski definition) is 5. The van der Waals surface area contributed by atoms with Gasteiger partial charge in [-0.2, -0.15) is 0 Å². The molecular formula is C19H21N3O4. The quantitative estimate of drug-likeness (QED) is 0.381. The van der Waals surface area contributed by atoms with Crippen molar-refractivity contribution in [2.24, 2.45) is 5.73 Å². The van der Waals surface area contributed by atoms with Crippen LogP contribution in [0.2, 0.25) is 0 Å². The van der Waals surface area contributed by atoms with Crippen molar-refractivity contribution in [3.8, 4) is 5.75 Å². The minimum atomic E-state index is -0.443. The molecule has 0 fully saturated rings. The third-order valence-corrected chi connectivity index (χ3v) is 3.63. The smallest absolute Gasteiger partial charge is 0.343 e. The first-order chi connectivity index (χ1) is 12.5. The van der Waals surface area contributed by atoms with Gasteiger partial charge in [0.05, 0.1) is 7.11 Å². The zero-order chi connectivity index (χ0) is 18.9. The maximum Gasteiger partial charge on any atom is 0.343 e. The Balaban J connectivity index is 1.79. The van der Waals surface area contributed by atoms with Crippen molar-refractivity contribution in [2.45, 2.75) is 12.8 Å². The average molecular weight is 355 g/mol. The molecule has 0 saturated heterocycles. The predicted octanol–water partition coefficient (Wildman–Crippen LogP) is 2.09. The number of esters is 1. The summed E-state index contributed by atoms with van der Waals surface area (Å²) in [5.41, 5.74) is 7.64. The molecule has 136 valence electrons. The zero-order valence-corrected chi connectivity index (χ0v) is 14.5. The Morgan fingerprint density at radius 1 is 1.08 bits per heavy atom. The molecule has 2 aromatic rings. The average Bonchev–Trinajstić information content (AvgIpc) is 2.65. The molecule has 26 heavy (non-hydrogen) atoms. The summed E-state index contributed by atoms with van der Waals surface area (Å²) < 4.78 is 9.77. The topological polar surface area (TPSA) is 114 Å². The normalized spacial score (nSPS) is 10.0. The number of carbonyl (C=O) groups is 2. The largest absolute Gasteiger partial charge is 0.482 e. The molecule has 1 amide bonds. The van der Waals surface area contributed by atoms with Crippen molar-refractivity contribution in [3.63, 3.8) is 0 Å². The van der Waals surface area contributed by atoms with Crippen LogP contribution >= 0.6 is 0 Å². The summed E-state index contributed by atoms with van der Waals surface area (Å²) >= 11 is 0. The van der Waals surface area contributed by atoms with E-state index in [2.05, 4.69) is 10.1 Å². The third-order valence-electron chi connectivity index (χ3n) is 3.63. The van der Waals surface area contributed by atoms with Crippen LogP contribution in [0.15, 0.2) is 48.5 Å². The maximum atomic E-state index is 12.0. The van der Waals surface area contributed by atoms with Gasteiger partial charge >= 0.3 is 5.97 Å².